The Morgan fingerprint density at radius 1 is 0.913 bits per heavy atom. The zero-order chi connectivity index (χ0) is 14.9. The molecule has 1 aromatic heterocycles. The molecule has 4 heteroatoms. The second-order valence-electron chi connectivity index (χ2n) is 5.32. The maximum absolute atomic E-state index is 5.41. The number of para-hydroxylation sites is 1. The average molecular weight is 417 g/mol. The molecule has 0 atom stereocenters. The van der Waals surface area contributed by atoms with E-state index in [1.807, 2.05) is 18.2 Å². The standard InChI is InChI=1S/C19H16NO2.HI/c1-20-16(10-8-15-4-2-3-5-17(15)20)9-6-14-7-11-18-19(12-14)22-13-21-18;/h2-12H,13H2,1H3;1H/q+1;/p-1. The van der Waals surface area contributed by atoms with Gasteiger partial charge in [-0.2, -0.15) is 4.57 Å². The summed E-state index contributed by atoms with van der Waals surface area (Å²) in [6.07, 6.45) is 4.20. The predicted octanol–water partition coefficient (Wildman–Crippen LogP) is 0.567. The van der Waals surface area contributed by atoms with Crippen molar-refractivity contribution in [1.82, 2.24) is 0 Å². The molecule has 0 spiro atoms. The van der Waals surface area contributed by atoms with Crippen LogP contribution in [-0.2, 0) is 7.05 Å². The van der Waals surface area contributed by atoms with Crippen molar-refractivity contribution in [1.29, 1.82) is 0 Å². The van der Waals surface area contributed by atoms with E-state index >= 15 is 0 Å². The van der Waals surface area contributed by atoms with Crippen LogP contribution in [0.15, 0.2) is 54.6 Å². The fraction of sp³-hybridized carbons (Fsp3) is 0.105. The monoisotopic (exact) mass is 417 g/mol. The van der Waals surface area contributed by atoms with Gasteiger partial charge in [0.05, 0.1) is 0 Å². The van der Waals surface area contributed by atoms with Crippen molar-refractivity contribution in [2.24, 2.45) is 7.05 Å². The lowest BCUT2D eigenvalue weighted by Crippen LogP contribution is -3.00. The number of aryl methyl sites for hydroxylation is 1. The Kier molecular flexibility index (Phi) is 4.52. The predicted molar refractivity (Wildman–Crippen MR) is 86.6 cm³/mol. The molecular weight excluding hydrogens is 401 g/mol. The van der Waals surface area contributed by atoms with Gasteiger partial charge in [-0.3, -0.25) is 0 Å². The minimum Gasteiger partial charge on any atom is -1.00 e. The molecule has 3 nitrogen and oxygen atoms in total. The largest absolute Gasteiger partial charge is 1.00 e. The van der Waals surface area contributed by atoms with Crippen LogP contribution in [0.3, 0.4) is 0 Å². The summed E-state index contributed by atoms with van der Waals surface area (Å²) in [4.78, 5) is 0. The molecule has 0 bridgehead atoms. The molecular formula is C19H16INO2. The smallest absolute Gasteiger partial charge is 0.231 e. The molecule has 2 heterocycles. The van der Waals surface area contributed by atoms with E-state index in [9.17, 15) is 0 Å². The number of halogens is 1. The molecule has 3 aromatic rings. The summed E-state index contributed by atoms with van der Waals surface area (Å²) >= 11 is 0. The molecule has 1 aliphatic rings. The Bertz CT molecular complexity index is 890. The fourth-order valence-corrected chi connectivity index (χ4v) is 2.73. The fourth-order valence-electron chi connectivity index (χ4n) is 2.73. The molecule has 23 heavy (non-hydrogen) atoms. The van der Waals surface area contributed by atoms with Crippen LogP contribution in [0.25, 0.3) is 23.1 Å². The molecule has 1 aliphatic heterocycles. The highest BCUT2D eigenvalue weighted by Crippen LogP contribution is 2.32. The third-order valence-electron chi connectivity index (χ3n) is 3.96. The average Bonchev–Trinajstić information content (AvgIpc) is 3.02. The first-order chi connectivity index (χ1) is 10.8. The number of benzene rings is 2. The van der Waals surface area contributed by atoms with E-state index in [0.29, 0.717) is 6.79 Å². The number of ether oxygens (including phenoxy) is 2. The SMILES string of the molecule is C[n+]1c(C=Cc2ccc3c(c2)OCO3)ccc2ccccc21.[I-]. The third kappa shape index (κ3) is 3.03. The van der Waals surface area contributed by atoms with E-state index < -0.39 is 0 Å². The lowest BCUT2D eigenvalue weighted by Gasteiger charge is -2.00. The summed E-state index contributed by atoms with van der Waals surface area (Å²) in [7, 11) is 2.08. The van der Waals surface area contributed by atoms with Gasteiger partial charge in [-0.25, -0.2) is 0 Å². The normalized spacial score (nSPS) is 12.6. The number of pyridine rings is 1. The van der Waals surface area contributed by atoms with Crippen LogP contribution in [0.5, 0.6) is 11.5 Å². The Hall–Kier alpha value is -2.08. The molecule has 0 aliphatic carbocycles. The van der Waals surface area contributed by atoms with Crippen LogP contribution >= 0.6 is 0 Å². The number of rotatable bonds is 2. The number of nitrogens with zero attached hydrogens (tertiary/aromatic N) is 1. The van der Waals surface area contributed by atoms with Crippen molar-refractivity contribution in [3.8, 4) is 11.5 Å². The van der Waals surface area contributed by atoms with Gasteiger partial charge < -0.3 is 33.5 Å². The van der Waals surface area contributed by atoms with Gasteiger partial charge in [0.15, 0.2) is 11.5 Å². The first-order valence-electron chi connectivity index (χ1n) is 7.27. The van der Waals surface area contributed by atoms with Gasteiger partial charge >= 0.3 is 0 Å². The zero-order valence-corrected chi connectivity index (χ0v) is 14.9. The highest BCUT2D eigenvalue weighted by atomic mass is 127. The molecule has 116 valence electrons. The minimum atomic E-state index is 0. The number of fused-ring (bicyclic) bond motifs is 2. The molecule has 0 N–H and O–H groups in total. The Labute approximate surface area is 152 Å². The maximum Gasteiger partial charge on any atom is 0.231 e. The van der Waals surface area contributed by atoms with E-state index in [-0.39, 0.29) is 24.0 Å². The van der Waals surface area contributed by atoms with Crippen LogP contribution < -0.4 is 38.0 Å². The third-order valence-corrected chi connectivity index (χ3v) is 3.96. The van der Waals surface area contributed by atoms with Crippen molar-refractivity contribution in [3.05, 3.63) is 65.9 Å². The summed E-state index contributed by atoms with van der Waals surface area (Å²) < 4.78 is 12.9. The highest BCUT2D eigenvalue weighted by Gasteiger charge is 2.12. The molecule has 4 rings (SSSR count). The van der Waals surface area contributed by atoms with Gasteiger partial charge in [-0.05, 0) is 35.9 Å². The van der Waals surface area contributed by atoms with Gasteiger partial charge in [-0.1, -0.05) is 18.2 Å². The van der Waals surface area contributed by atoms with Crippen LogP contribution in [0.4, 0.5) is 0 Å². The Morgan fingerprint density at radius 3 is 2.65 bits per heavy atom. The second kappa shape index (κ2) is 6.58. The van der Waals surface area contributed by atoms with Gasteiger partial charge in [-0.15, -0.1) is 0 Å². The van der Waals surface area contributed by atoms with Gasteiger partial charge in [0.2, 0.25) is 18.0 Å². The summed E-state index contributed by atoms with van der Waals surface area (Å²) in [5, 5.41) is 1.24. The van der Waals surface area contributed by atoms with Crippen LogP contribution in [0.1, 0.15) is 11.3 Å². The Morgan fingerprint density at radius 2 is 1.74 bits per heavy atom. The number of hydrogen-bond acceptors (Lipinski definition) is 2. The summed E-state index contributed by atoms with van der Waals surface area (Å²) in [5.74, 6) is 1.62. The van der Waals surface area contributed by atoms with Crippen LogP contribution in [0, 0.1) is 0 Å². The lowest BCUT2D eigenvalue weighted by atomic mass is 10.1. The van der Waals surface area contributed by atoms with Crippen molar-refractivity contribution in [2.45, 2.75) is 0 Å². The quantitative estimate of drug-likeness (QED) is 0.450. The summed E-state index contributed by atoms with van der Waals surface area (Å²) in [5.41, 5.74) is 3.46. The number of hydrogen-bond donors (Lipinski definition) is 0. The van der Waals surface area contributed by atoms with Crippen molar-refractivity contribution in [2.75, 3.05) is 6.79 Å². The molecule has 0 unspecified atom stereocenters. The van der Waals surface area contributed by atoms with Crippen molar-refractivity contribution >= 4 is 23.1 Å². The molecule has 0 fully saturated rings. The first kappa shape index (κ1) is 15.8. The second-order valence-corrected chi connectivity index (χ2v) is 5.32. The minimum absolute atomic E-state index is 0. The van der Waals surface area contributed by atoms with Gasteiger partial charge in [0, 0.05) is 23.6 Å². The zero-order valence-electron chi connectivity index (χ0n) is 12.7. The van der Waals surface area contributed by atoms with Crippen LogP contribution in [-0.4, -0.2) is 6.79 Å². The molecule has 0 saturated heterocycles. The summed E-state index contributed by atoms with van der Waals surface area (Å²) in [6, 6.07) is 18.6. The van der Waals surface area contributed by atoms with Crippen molar-refractivity contribution < 1.29 is 38.0 Å². The van der Waals surface area contributed by atoms with E-state index in [1.54, 1.807) is 0 Å². The van der Waals surface area contributed by atoms with E-state index in [4.69, 9.17) is 9.47 Å². The highest BCUT2D eigenvalue weighted by molar-refractivity contribution is 5.77. The van der Waals surface area contributed by atoms with E-state index in [1.165, 1.54) is 10.9 Å². The molecule has 0 saturated carbocycles. The van der Waals surface area contributed by atoms with Gasteiger partial charge in [0.25, 0.3) is 0 Å². The van der Waals surface area contributed by atoms with Crippen molar-refractivity contribution in [3.63, 3.8) is 0 Å². The van der Waals surface area contributed by atoms with E-state index in [0.717, 1.165) is 22.8 Å². The van der Waals surface area contributed by atoms with Gasteiger partial charge in [0.1, 0.15) is 7.05 Å². The lowest BCUT2D eigenvalue weighted by molar-refractivity contribution is -0.646. The Balaban J connectivity index is 0.00000156. The molecule has 0 amide bonds. The summed E-state index contributed by atoms with van der Waals surface area (Å²) in [6.45, 7) is 0.308. The molecule has 2 aromatic carbocycles. The van der Waals surface area contributed by atoms with E-state index in [2.05, 4.69) is 60.2 Å². The van der Waals surface area contributed by atoms with Crippen LogP contribution in [0.2, 0.25) is 0 Å². The first-order valence-corrected chi connectivity index (χ1v) is 7.27. The maximum atomic E-state index is 5.41. The topological polar surface area (TPSA) is 22.3 Å². The number of aromatic nitrogens is 1. The molecule has 0 radical (unpaired) electrons.